The third kappa shape index (κ3) is 2.68. The van der Waals surface area contributed by atoms with Crippen molar-refractivity contribution in [1.82, 2.24) is 0 Å². The molecule has 1 aliphatic heterocycles. The van der Waals surface area contributed by atoms with E-state index in [1.165, 1.54) is 51.4 Å². The number of hydrogen-bond acceptors (Lipinski definition) is 2. The van der Waals surface area contributed by atoms with E-state index in [0.717, 1.165) is 25.2 Å². The van der Waals surface area contributed by atoms with Crippen LogP contribution >= 0.6 is 0 Å². The molecule has 0 N–H and O–H groups in total. The summed E-state index contributed by atoms with van der Waals surface area (Å²) in [6, 6.07) is 2.65. The van der Waals surface area contributed by atoms with Crippen LogP contribution in [0.3, 0.4) is 0 Å². The maximum Gasteiger partial charge on any atom is 0.0690 e. The summed E-state index contributed by atoms with van der Waals surface area (Å²) in [4.78, 5) is 0. The van der Waals surface area contributed by atoms with Gasteiger partial charge in [0.15, 0.2) is 0 Å². The van der Waals surface area contributed by atoms with Gasteiger partial charge in [0.1, 0.15) is 0 Å². The van der Waals surface area contributed by atoms with Crippen LogP contribution in [0.4, 0.5) is 0 Å². The number of ether oxygens (including phenoxy) is 1. The standard InChI is InChI=1S/C17H27NO/c1-14-5-9-16(11-14,13-18)12-15-6-10-17(19-15)7-3-2-4-8-17/h14-15H,2-12H2,1H3. The Bertz CT molecular complexity index is 366. The molecular formula is C17H27NO. The first-order valence-corrected chi connectivity index (χ1v) is 8.25. The molecule has 2 heteroatoms. The third-order valence-electron chi connectivity index (χ3n) is 5.81. The van der Waals surface area contributed by atoms with Crippen LogP contribution < -0.4 is 0 Å². The normalized spacial score (nSPS) is 41.5. The van der Waals surface area contributed by atoms with Crippen molar-refractivity contribution in [1.29, 1.82) is 5.26 Å². The van der Waals surface area contributed by atoms with Gasteiger partial charge in [0, 0.05) is 0 Å². The van der Waals surface area contributed by atoms with Gasteiger partial charge in [0.25, 0.3) is 0 Å². The Kier molecular flexibility index (Phi) is 3.60. The van der Waals surface area contributed by atoms with Gasteiger partial charge in [-0.15, -0.1) is 0 Å². The lowest BCUT2D eigenvalue weighted by Crippen LogP contribution is -2.33. The van der Waals surface area contributed by atoms with E-state index in [1.807, 2.05) is 0 Å². The Morgan fingerprint density at radius 2 is 1.89 bits per heavy atom. The number of hydrogen-bond donors (Lipinski definition) is 0. The largest absolute Gasteiger partial charge is 0.372 e. The van der Waals surface area contributed by atoms with Crippen LogP contribution in [-0.4, -0.2) is 11.7 Å². The summed E-state index contributed by atoms with van der Waals surface area (Å²) in [5.74, 6) is 0.727. The fraction of sp³-hybridized carbons (Fsp3) is 0.941. The molecule has 1 spiro atoms. The Labute approximate surface area is 117 Å². The summed E-state index contributed by atoms with van der Waals surface area (Å²) in [5.41, 5.74) is 0.147. The molecule has 2 aliphatic carbocycles. The van der Waals surface area contributed by atoms with Crippen LogP contribution in [-0.2, 0) is 4.74 Å². The second kappa shape index (κ2) is 5.09. The van der Waals surface area contributed by atoms with Crippen molar-refractivity contribution in [3.05, 3.63) is 0 Å². The van der Waals surface area contributed by atoms with E-state index in [2.05, 4.69) is 13.0 Å². The van der Waals surface area contributed by atoms with Gasteiger partial charge in [-0.05, 0) is 57.3 Å². The molecule has 106 valence electrons. The first-order chi connectivity index (χ1) is 9.15. The summed E-state index contributed by atoms with van der Waals surface area (Å²) in [5, 5.41) is 9.59. The summed E-state index contributed by atoms with van der Waals surface area (Å²) < 4.78 is 6.46. The van der Waals surface area contributed by atoms with Crippen LogP contribution in [0.25, 0.3) is 0 Å². The van der Waals surface area contributed by atoms with Crippen molar-refractivity contribution in [3.63, 3.8) is 0 Å². The van der Waals surface area contributed by atoms with Crippen LogP contribution in [0, 0.1) is 22.7 Å². The lowest BCUT2D eigenvalue weighted by atomic mass is 9.80. The molecule has 0 radical (unpaired) electrons. The maximum atomic E-state index is 9.59. The highest BCUT2D eigenvalue weighted by molar-refractivity contribution is 5.06. The van der Waals surface area contributed by atoms with E-state index < -0.39 is 0 Å². The van der Waals surface area contributed by atoms with Crippen molar-refractivity contribution in [2.75, 3.05) is 0 Å². The van der Waals surface area contributed by atoms with Gasteiger partial charge in [-0.1, -0.05) is 26.2 Å². The van der Waals surface area contributed by atoms with Gasteiger partial charge in [0.2, 0.25) is 0 Å². The molecule has 0 aromatic carbocycles. The molecule has 3 fully saturated rings. The van der Waals surface area contributed by atoms with Gasteiger partial charge >= 0.3 is 0 Å². The summed E-state index contributed by atoms with van der Waals surface area (Å²) in [6.07, 6.45) is 13.8. The topological polar surface area (TPSA) is 33.0 Å². The molecule has 19 heavy (non-hydrogen) atoms. The summed E-state index contributed by atoms with van der Waals surface area (Å²) in [6.45, 7) is 2.29. The SMILES string of the molecule is CC1CCC(C#N)(CC2CCC3(CCCCC3)O2)C1. The van der Waals surface area contributed by atoms with Gasteiger partial charge in [-0.3, -0.25) is 0 Å². The molecule has 2 saturated carbocycles. The first-order valence-electron chi connectivity index (χ1n) is 8.25. The molecule has 3 atom stereocenters. The fourth-order valence-corrected chi connectivity index (χ4v) is 4.77. The molecule has 3 rings (SSSR count). The van der Waals surface area contributed by atoms with Crippen LogP contribution in [0.1, 0.15) is 77.6 Å². The molecule has 2 nitrogen and oxygen atoms in total. The zero-order chi connectivity index (χ0) is 13.3. The average Bonchev–Trinajstić information content (AvgIpc) is 2.97. The minimum absolute atomic E-state index is 0.0652. The third-order valence-corrected chi connectivity index (χ3v) is 5.81. The second-order valence-electron chi connectivity index (χ2n) is 7.47. The lowest BCUT2D eigenvalue weighted by molar-refractivity contribution is -0.0732. The van der Waals surface area contributed by atoms with Crippen LogP contribution in [0.15, 0.2) is 0 Å². The van der Waals surface area contributed by atoms with Crippen molar-refractivity contribution in [2.24, 2.45) is 11.3 Å². The minimum atomic E-state index is -0.0652. The molecule has 1 heterocycles. The maximum absolute atomic E-state index is 9.59. The highest BCUT2D eigenvalue weighted by Crippen LogP contribution is 2.49. The molecule has 0 aromatic heterocycles. The molecule has 3 unspecified atom stereocenters. The quantitative estimate of drug-likeness (QED) is 0.728. The molecular weight excluding hydrogens is 234 g/mol. The van der Waals surface area contributed by atoms with Crippen molar-refractivity contribution < 1.29 is 4.74 Å². The highest BCUT2D eigenvalue weighted by Gasteiger charge is 2.46. The van der Waals surface area contributed by atoms with Gasteiger partial charge < -0.3 is 4.74 Å². The molecule has 1 saturated heterocycles. The summed E-state index contributed by atoms with van der Waals surface area (Å²) >= 11 is 0. The average molecular weight is 261 g/mol. The van der Waals surface area contributed by atoms with Crippen molar-refractivity contribution >= 4 is 0 Å². The smallest absolute Gasteiger partial charge is 0.0690 e. The minimum Gasteiger partial charge on any atom is -0.372 e. The summed E-state index contributed by atoms with van der Waals surface area (Å²) in [7, 11) is 0. The van der Waals surface area contributed by atoms with Crippen molar-refractivity contribution in [2.45, 2.75) is 89.3 Å². The van der Waals surface area contributed by atoms with E-state index in [0.29, 0.717) is 6.10 Å². The Morgan fingerprint density at radius 3 is 2.53 bits per heavy atom. The number of nitrogens with zero attached hydrogens (tertiary/aromatic N) is 1. The lowest BCUT2D eigenvalue weighted by Gasteiger charge is -2.34. The van der Waals surface area contributed by atoms with Gasteiger partial charge in [-0.25, -0.2) is 0 Å². The predicted octanol–water partition coefficient (Wildman–Crippen LogP) is 4.59. The van der Waals surface area contributed by atoms with Crippen LogP contribution in [0.2, 0.25) is 0 Å². The molecule has 3 aliphatic rings. The van der Waals surface area contributed by atoms with E-state index in [1.54, 1.807) is 0 Å². The Balaban J connectivity index is 1.61. The van der Waals surface area contributed by atoms with Crippen molar-refractivity contribution in [3.8, 4) is 6.07 Å². The Hall–Kier alpha value is -0.550. The van der Waals surface area contributed by atoms with Gasteiger partial charge in [-0.2, -0.15) is 5.26 Å². The number of nitriles is 1. The van der Waals surface area contributed by atoms with E-state index >= 15 is 0 Å². The van der Waals surface area contributed by atoms with E-state index in [9.17, 15) is 5.26 Å². The molecule has 0 bridgehead atoms. The zero-order valence-corrected chi connectivity index (χ0v) is 12.3. The van der Waals surface area contributed by atoms with Crippen LogP contribution in [0.5, 0.6) is 0 Å². The van der Waals surface area contributed by atoms with E-state index in [-0.39, 0.29) is 11.0 Å². The Morgan fingerprint density at radius 1 is 1.11 bits per heavy atom. The molecule has 0 aromatic rings. The fourth-order valence-electron chi connectivity index (χ4n) is 4.77. The molecule has 0 amide bonds. The second-order valence-corrected chi connectivity index (χ2v) is 7.47. The number of rotatable bonds is 2. The first kappa shape index (κ1) is 13.4. The monoisotopic (exact) mass is 261 g/mol. The highest BCUT2D eigenvalue weighted by atomic mass is 16.5. The zero-order valence-electron chi connectivity index (χ0n) is 12.3. The predicted molar refractivity (Wildman–Crippen MR) is 75.6 cm³/mol. The van der Waals surface area contributed by atoms with E-state index in [4.69, 9.17) is 4.74 Å². The van der Waals surface area contributed by atoms with Gasteiger partial charge in [0.05, 0.1) is 23.2 Å².